The van der Waals surface area contributed by atoms with Gasteiger partial charge >= 0.3 is 123 Å². The van der Waals surface area contributed by atoms with Crippen molar-refractivity contribution in [2.24, 2.45) is 0 Å². The Labute approximate surface area is 123 Å². The molecule has 0 bridgehead atoms. The molecule has 108 valence electrons. The molecule has 0 heterocycles. The standard InChI is InChI=1S/C10H18Ge2O7/c1-3-11-10(8(15)16,9(17)18)6(7(13)14)5-19-12-4-2/h5H,3-4,11-12H2,1-2H3,(H,13,14)(H,15,16)(H,17,18). The van der Waals surface area contributed by atoms with Gasteiger partial charge in [-0.1, -0.05) is 0 Å². The fraction of sp³-hybridized carbons (Fsp3) is 0.500. The van der Waals surface area contributed by atoms with Crippen molar-refractivity contribution in [3.8, 4) is 0 Å². The van der Waals surface area contributed by atoms with Crippen LogP contribution in [-0.4, -0.2) is 64.4 Å². The SMILES string of the molecule is C[CH2][GeH2][O]C=C(C(=O)O)[C]([GeH2][CH2]C)(C(=O)O)C(=O)O. The van der Waals surface area contributed by atoms with Crippen molar-refractivity contribution in [3.63, 3.8) is 0 Å². The van der Waals surface area contributed by atoms with Crippen LogP contribution in [-0.2, 0) is 18.1 Å². The van der Waals surface area contributed by atoms with E-state index in [1.165, 1.54) is 0 Å². The molecule has 9 heteroatoms. The van der Waals surface area contributed by atoms with Gasteiger partial charge in [0.1, 0.15) is 0 Å². The quantitative estimate of drug-likeness (QED) is 0.157. The Balaban J connectivity index is 5.74. The number of carboxylic acid groups (broad SMARTS) is 3. The van der Waals surface area contributed by atoms with E-state index in [2.05, 4.69) is 0 Å². The molecule has 0 aromatic heterocycles. The van der Waals surface area contributed by atoms with Crippen molar-refractivity contribution >= 4 is 49.1 Å². The Hall–Kier alpha value is -0.964. The summed E-state index contributed by atoms with van der Waals surface area (Å²) >= 11 is -3.58. The molecule has 7 nitrogen and oxygen atoms in total. The van der Waals surface area contributed by atoms with Crippen LogP contribution in [0.3, 0.4) is 0 Å². The van der Waals surface area contributed by atoms with Gasteiger partial charge in [-0.15, -0.1) is 0 Å². The van der Waals surface area contributed by atoms with E-state index in [1.54, 1.807) is 6.92 Å². The average Bonchev–Trinajstić information content (AvgIpc) is 2.31. The van der Waals surface area contributed by atoms with Crippen molar-refractivity contribution in [3.05, 3.63) is 11.8 Å². The average molecular weight is 395 g/mol. The van der Waals surface area contributed by atoms with Gasteiger partial charge in [-0.05, 0) is 0 Å². The number of carbonyl (C=O) groups is 3. The summed E-state index contributed by atoms with van der Waals surface area (Å²) in [6.45, 7) is 3.55. The maximum absolute atomic E-state index is 11.4. The summed E-state index contributed by atoms with van der Waals surface area (Å²) in [4.78, 5) is 33.9. The van der Waals surface area contributed by atoms with E-state index in [0.717, 1.165) is 11.5 Å². The zero-order valence-electron chi connectivity index (χ0n) is 10.9. The molecule has 3 N–H and O–H groups in total. The second-order valence-electron chi connectivity index (χ2n) is 3.97. The monoisotopic (exact) mass is 398 g/mol. The molecular weight excluding hydrogens is 377 g/mol. The summed E-state index contributed by atoms with van der Waals surface area (Å²) in [5.41, 5.74) is -0.645. The summed E-state index contributed by atoms with van der Waals surface area (Å²) in [7, 11) is 0. The van der Waals surface area contributed by atoms with Crippen LogP contribution < -0.4 is 0 Å². The van der Waals surface area contributed by atoms with Crippen LogP contribution >= 0.6 is 0 Å². The topological polar surface area (TPSA) is 121 Å². The summed E-state index contributed by atoms with van der Waals surface area (Å²) in [6.07, 6.45) is 0.856. The van der Waals surface area contributed by atoms with Gasteiger partial charge in [-0.2, -0.15) is 0 Å². The molecule has 0 aromatic carbocycles. The second-order valence-corrected chi connectivity index (χ2v) is 13.0. The van der Waals surface area contributed by atoms with E-state index in [9.17, 15) is 24.6 Å². The van der Waals surface area contributed by atoms with E-state index in [1.807, 2.05) is 6.92 Å². The third-order valence-electron chi connectivity index (χ3n) is 2.57. The van der Waals surface area contributed by atoms with E-state index >= 15 is 0 Å². The predicted octanol–water partition coefficient (Wildman–Crippen LogP) is -0.572. The minimum atomic E-state index is -2.27. The van der Waals surface area contributed by atoms with Crippen molar-refractivity contribution in [1.82, 2.24) is 0 Å². The molecule has 0 fully saturated rings. The number of hydrogen-bond acceptors (Lipinski definition) is 4. The summed E-state index contributed by atoms with van der Waals surface area (Å²) in [5.74, 6) is -4.76. The van der Waals surface area contributed by atoms with Gasteiger partial charge in [0, 0.05) is 0 Å². The summed E-state index contributed by atoms with van der Waals surface area (Å²) < 4.78 is 2.83. The predicted molar refractivity (Wildman–Crippen MR) is 72.8 cm³/mol. The van der Waals surface area contributed by atoms with Crippen molar-refractivity contribution in [2.45, 2.75) is 28.6 Å². The molecule has 0 saturated heterocycles. The minimum absolute atomic E-state index is 0.408. The molecule has 0 amide bonds. The molecular formula is C10H18Ge2O7. The molecule has 0 unspecified atom stereocenters. The molecule has 0 atom stereocenters. The molecule has 0 aliphatic rings. The fourth-order valence-corrected chi connectivity index (χ4v) is 6.26. The first-order valence-corrected chi connectivity index (χ1v) is 12.8. The Morgan fingerprint density at radius 2 is 1.63 bits per heavy atom. The Morgan fingerprint density at radius 1 is 1.11 bits per heavy atom. The van der Waals surface area contributed by atoms with Crippen molar-refractivity contribution in [1.29, 1.82) is 0 Å². The maximum atomic E-state index is 11.4. The van der Waals surface area contributed by atoms with Crippen LogP contribution in [0.25, 0.3) is 0 Å². The van der Waals surface area contributed by atoms with Gasteiger partial charge in [-0.25, -0.2) is 0 Å². The van der Waals surface area contributed by atoms with Gasteiger partial charge in [0.05, 0.1) is 0 Å². The van der Waals surface area contributed by atoms with Crippen LogP contribution in [0.15, 0.2) is 11.8 Å². The van der Waals surface area contributed by atoms with Crippen LogP contribution in [0.5, 0.6) is 0 Å². The van der Waals surface area contributed by atoms with Gasteiger partial charge in [0.2, 0.25) is 0 Å². The first kappa shape index (κ1) is 18.0. The van der Waals surface area contributed by atoms with Crippen LogP contribution in [0.1, 0.15) is 13.8 Å². The van der Waals surface area contributed by atoms with Crippen LogP contribution in [0.2, 0.25) is 14.8 Å². The third-order valence-corrected chi connectivity index (χ3v) is 8.96. The van der Waals surface area contributed by atoms with E-state index < -0.39 is 58.9 Å². The molecule has 0 aromatic rings. The number of aliphatic carboxylic acids is 3. The molecule has 19 heavy (non-hydrogen) atoms. The first-order chi connectivity index (χ1) is 8.84. The third kappa shape index (κ3) is 4.27. The zero-order valence-corrected chi connectivity index (χ0v) is 16.8. The van der Waals surface area contributed by atoms with Gasteiger partial charge in [-0.3, -0.25) is 0 Å². The Bertz CT molecular complexity index is 377. The summed E-state index contributed by atoms with van der Waals surface area (Å²) in [5, 5.41) is 28.8. The summed E-state index contributed by atoms with van der Waals surface area (Å²) in [6, 6.07) is 0. The fourth-order valence-electron chi connectivity index (χ4n) is 1.64. The molecule has 0 spiro atoms. The van der Waals surface area contributed by atoms with Crippen LogP contribution in [0, 0.1) is 0 Å². The number of rotatable bonds is 9. The Kier molecular flexibility index (Phi) is 7.84. The molecule has 0 saturated carbocycles. The number of hydrogen-bond donors (Lipinski definition) is 3. The number of carboxylic acids is 3. The molecule has 0 aliphatic heterocycles. The molecule has 0 aliphatic carbocycles. The molecule has 0 radical (unpaired) electrons. The van der Waals surface area contributed by atoms with Crippen molar-refractivity contribution < 1.29 is 33.5 Å². The Morgan fingerprint density at radius 3 is 1.95 bits per heavy atom. The normalized spacial score (nSPS) is 13.3. The molecule has 0 rings (SSSR count). The van der Waals surface area contributed by atoms with Gasteiger partial charge in [0.15, 0.2) is 0 Å². The first-order valence-electron chi connectivity index (χ1n) is 5.86. The van der Waals surface area contributed by atoms with Crippen LogP contribution in [0.4, 0.5) is 0 Å². The van der Waals surface area contributed by atoms with Crippen molar-refractivity contribution in [2.75, 3.05) is 0 Å². The zero-order chi connectivity index (χ0) is 15.1. The van der Waals surface area contributed by atoms with E-state index in [4.69, 9.17) is 8.87 Å². The van der Waals surface area contributed by atoms with E-state index in [0.29, 0.717) is 5.25 Å². The van der Waals surface area contributed by atoms with Gasteiger partial charge in [0.25, 0.3) is 0 Å². The van der Waals surface area contributed by atoms with E-state index in [-0.39, 0.29) is 0 Å². The van der Waals surface area contributed by atoms with Gasteiger partial charge < -0.3 is 0 Å². The second kappa shape index (κ2) is 8.26.